The van der Waals surface area contributed by atoms with Gasteiger partial charge in [-0.15, -0.1) is 0 Å². The van der Waals surface area contributed by atoms with Crippen molar-refractivity contribution in [1.29, 1.82) is 0 Å². The molecule has 2 aliphatic rings. The van der Waals surface area contributed by atoms with Crippen molar-refractivity contribution < 1.29 is 9.59 Å². The molecular formula is C44H53Cl5N4O2. The number of carbonyl (C=O) groups is 2. The number of amides is 1. The molecule has 0 spiro atoms. The highest BCUT2D eigenvalue weighted by Gasteiger charge is 2.28. The number of nitrogens with one attached hydrogen (secondary N) is 1. The number of hydrogen-bond donors (Lipinski definition) is 1. The molecule has 2 saturated heterocycles. The van der Waals surface area contributed by atoms with Crippen LogP contribution in [0, 0.1) is 0 Å². The van der Waals surface area contributed by atoms with E-state index in [4.69, 9.17) is 58.0 Å². The highest BCUT2D eigenvalue weighted by atomic mass is 35.5. The third-order valence-electron chi connectivity index (χ3n) is 9.76. The summed E-state index contributed by atoms with van der Waals surface area (Å²) in [4.78, 5) is 29.2. The molecule has 2 heterocycles. The van der Waals surface area contributed by atoms with Gasteiger partial charge in [-0.05, 0) is 95.2 Å². The molecule has 11 heteroatoms. The van der Waals surface area contributed by atoms with Gasteiger partial charge in [-0.3, -0.25) is 19.4 Å². The molecule has 0 bridgehead atoms. The first-order valence-electron chi connectivity index (χ1n) is 19.3. The average Bonchev–Trinajstić information content (AvgIpc) is 3.20. The Labute approximate surface area is 353 Å². The standard InChI is InChI=1S/C22H26Cl2N2O.C17H18Cl2N2.C5H9ClO/c1-2-3-4-21(27)25-13-15-26(16-14-25)22(17-5-9-19(23)10-6-17)18-7-11-20(24)12-8-18;18-15-5-1-13(2-6-15)17(21-11-9-20-10-12-21)14-3-7-16(19)8-4-14;1-2-3-4-5(6)7/h5-12,22H,2-4,13-16H2,1H3;1-8,17,20H,9-12H2;2-4H2,1H3. The number of hydrogen-bond acceptors (Lipinski definition) is 5. The van der Waals surface area contributed by atoms with Crippen molar-refractivity contribution in [3.05, 3.63) is 139 Å². The predicted molar refractivity (Wildman–Crippen MR) is 232 cm³/mol. The van der Waals surface area contributed by atoms with E-state index >= 15 is 0 Å². The minimum absolute atomic E-state index is 0.132. The molecule has 0 unspecified atom stereocenters. The second kappa shape index (κ2) is 24.2. The zero-order valence-corrected chi connectivity index (χ0v) is 35.6. The molecule has 4 aromatic carbocycles. The second-order valence-electron chi connectivity index (χ2n) is 13.8. The Kier molecular flexibility index (Phi) is 19.8. The summed E-state index contributed by atoms with van der Waals surface area (Å²) in [5, 5.41) is 6.20. The number of carbonyl (C=O) groups excluding carboxylic acids is 2. The van der Waals surface area contributed by atoms with Crippen molar-refractivity contribution in [2.24, 2.45) is 0 Å². The Morgan fingerprint density at radius 2 is 0.855 bits per heavy atom. The predicted octanol–water partition coefficient (Wildman–Crippen LogP) is 11.3. The number of unbranched alkanes of at least 4 members (excludes halogenated alkanes) is 2. The molecule has 1 amide bonds. The summed E-state index contributed by atoms with van der Waals surface area (Å²) in [7, 11) is 0. The van der Waals surface area contributed by atoms with Gasteiger partial charge in [0.15, 0.2) is 0 Å². The lowest BCUT2D eigenvalue weighted by atomic mass is 9.96. The van der Waals surface area contributed by atoms with Crippen LogP contribution in [0.15, 0.2) is 97.1 Å². The van der Waals surface area contributed by atoms with Gasteiger partial charge in [-0.2, -0.15) is 0 Å². The zero-order chi connectivity index (χ0) is 39.6. The molecule has 4 aromatic rings. The van der Waals surface area contributed by atoms with Crippen molar-refractivity contribution >= 4 is 69.2 Å². The van der Waals surface area contributed by atoms with E-state index in [2.05, 4.69) is 70.6 Å². The quantitative estimate of drug-likeness (QED) is 0.144. The van der Waals surface area contributed by atoms with E-state index in [0.29, 0.717) is 12.8 Å². The van der Waals surface area contributed by atoms with Gasteiger partial charge in [0.25, 0.3) is 0 Å². The van der Waals surface area contributed by atoms with Gasteiger partial charge in [0.1, 0.15) is 0 Å². The molecule has 6 rings (SSSR count). The van der Waals surface area contributed by atoms with Crippen LogP contribution in [0.25, 0.3) is 0 Å². The third-order valence-corrected chi connectivity index (χ3v) is 11.0. The Bertz CT molecular complexity index is 1620. The van der Waals surface area contributed by atoms with Gasteiger partial charge < -0.3 is 10.2 Å². The minimum atomic E-state index is -0.221. The van der Waals surface area contributed by atoms with Gasteiger partial charge in [-0.25, -0.2) is 0 Å². The maximum absolute atomic E-state index is 12.3. The molecule has 0 radical (unpaired) electrons. The highest BCUT2D eigenvalue weighted by Crippen LogP contribution is 2.32. The Hall–Kier alpha value is -2.65. The zero-order valence-electron chi connectivity index (χ0n) is 31.8. The molecule has 55 heavy (non-hydrogen) atoms. The lowest BCUT2D eigenvalue weighted by molar-refractivity contribution is -0.133. The van der Waals surface area contributed by atoms with Crippen molar-refractivity contribution in [3.63, 3.8) is 0 Å². The molecular weight excluding hydrogens is 794 g/mol. The van der Waals surface area contributed by atoms with Gasteiger partial charge >= 0.3 is 0 Å². The number of piperazine rings is 2. The van der Waals surface area contributed by atoms with E-state index < -0.39 is 0 Å². The molecule has 0 saturated carbocycles. The lowest BCUT2D eigenvalue weighted by Crippen LogP contribution is -2.49. The minimum Gasteiger partial charge on any atom is -0.340 e. The molecule has 2 fully saturated rings. The van der Waals surface area contributed by atoms with E-state index in [-0.39, 0.29) is 23.2 Å². The van der Waals surface area contributed by atoms with Crippen molar-refractivity contribution in [3.8, 4) is 0 Å². The first-order chi connectivity index (χ1) is 26.6. The second-order valence-corrected chi connectivity index (χ2v) is 15.9. The number of rotatable bonds is 12. The number of nitrogens with zero attached hydrogens (tertiary/aromatic N) is 3. The molecule has 6 nitrogen and oxygen atoms in total. The summed E-state index contributed by atoms with van der Waals surface area (Å²) in [5.74, 6) is 0.283. The Morgan fingerprint density at radius 3 is 1.16 bits per heavy atom. The molecule has 296 valence electrons. The number of benzene rings is 4. The van der Waals surface area contributed by atoms with Crippen molar-refractivity contribution in [2.45, 2.75) is 64.5 Å². The summed E-state index contributed by atoms with van der Waals surface area (Å²) in [5.41, 5.74) is 4.94. The number of halogens is 5. The summed E-state index contributed by atoms with van der Waals surface area (Å²) in [6, 6.07) is 32.8. The van der Waals surface area contributed by atoms with Crippen LogP contribution in [-0.4, -0.2) is 78.2 Å². The van der Waals surface area contributed by atoms with Crippen LogP contribution in [0.2, 0.25) is 20.1 Å². The SMILES string of the molecule is CCCCC(=O)Cl.CCCCC(=O)N1CCN(C(c2ccc(Cl)cc2)c2ccc(Cl)cc2)CC1.Clc1ccc(C(c2ccc(Cl)cc2)N2CCNCC2)cc1. The van der Waals surface area contributed by atoms with Crippen molar-refractivity contribution in [1.82, 2.24) is 20.0 Å². The molecule has 0 aliphatic carbocycles. The first kappa shape index (κ1) is 45.1. The van der Waals surface area contributed by atoms with Crippen LogP contribution in [-0.2, 0) is 9.59 Å². The van der Waals surface area contributed by atoms with E-state index in [0.717, 1.165) is 98.1 Å². The fourth-order valence-corrected chi connectivity index (χ4v) is 7.42. The normalized spacial score (nSPS) is 14.9. The van der Waals surface area contributed by atoms with Crippen LogP contribution in [0.5, 0.6) is 0 Å². The van der Waals surface area contributed by atoms with Gasteiger partial charge in [0, 0.05) is 85.3 Å². The van der Waals surface area contributed by atoms with Crippen LogP contribution < -0.4 is 5.32 Å². The van der Waals surface area contributed by atoms with Gasteiger partial charge in [-0.1, -0.05) is 122 Å². The maximum atomic E-state index is 12.3. The van der Waals surface area contributed by atoms with Crippen molar-refractivity contribution in [2.75, 3.05) is 52.4 Å². The molecule has 0 aromatic heterocycles. The molecule has 0 atom stereocenters. The average molecular weight is 847 g/mol. The first-order valence-corrected chi connectivity index (χ1v) is 21.1. The molecule has 1 N–H and O–H groups in total. The van der Waals surface area contributed by atoms with Gasteiger partial charge in [0.2, 0.25) is 11.1 Å². The summed E-state index contributed by atoms with van der Waals surface area (Å²) >= 11 is 29.3. The lowest BCUT2D eigenvalue weighted by Gasteiger charge is -2.40. The van der Waals surface area contributed by atoms with Crippen LogP contribution >= 0.6 is 58.0 Å². The van der Waals surface area contributed by atoms with E-state index in [9.17, 15) is 9.59 Å². The van der Waals surface area contributed by atoms with E-state index in [1.165, 1.54) is 22.3 Å². The van der Waals surface area contributed by atoms with Gasteiger partial charge in [0.05, 0.1) is 12.1 Å². The Balaban J connectivity index is 0.000000213. The Morgan fingerprint density at radius 1 is 0.527 bits per heavy atom. The van der Waals surface area contributed by atoms with Crippen LogP contribution in [0.1, 0.15) is 86.7 Å². The fraction of sp³-hybridized carbons (Fsp3) is 0.409. The summed E-state index contributed by atoms with van der Waals surface area (Å²) in [6.45, 7) is 11.5. The molecule has 2 aliphatic heterocycles. The van der Waals surface area contributed by atoms with E-state index in [1.807, 2.05) is 60.4 Å². The summed E-state index contributed by atoms with van der Waals surface area (Å²) in [6.07, 6.45) is 5.17. The monoisotopic (exact) mass is 844 g/mol. The van der Waals surface area contributed by atoms with Crippen LogP contribution in [0.4, 0.5) is 0 Å². The summed E-state index contributed by atoms with van der Waals surface area (Å²) < 4.78 is 0. The fourth-order valence-electron chi connectivity index (χ4n) is 6.78. The topological polar surface area (TPSA) is 55.9 Å². The highest BCUT2D eigenvalue weighted by molar-refractivity contribution is 6.63. The smallest absolute Gasteiger partial charge is 0.222 e. The maximum Gasteiger partial charge on any atom is 0.222 e. The van der Waals surface area contributed by atoms with E-state index in [1.54, 1.807) is 0 Å². The third kappa shape index (κ3) is 15.0. The largest absolute Gasteiger partial charge is 0.340 e. The van der Waals surface area contributed by atoms with Crippen LogP contribution in [0.3, 0.4) is 0 Å².